The molecule has 3 nitrogen and oxygen atoms in total. The van der Waals surface area contributed by atoms with Crippen molar-refractivity contribution >= 4 is 11.7 Å². The van der Waals surface area contributed by atoms with Crippen LogP contribution >= 0.6 is 0 Å². The van der Waals surface area contributed by atoms with Gasteiger partial charge >= 0.3 is 0 Å². The quantitative estimate of drug-likeness (QED) is 0.650. The molecule has 0 aliphatic heterocycles. The number of hydrogen-bond acceptors (Lipinski definition) is 2. The fraction of sp³-hybridized carbons (Fsp3) is 0.182. The molecular weight excluding hydrogens is 308 g/mol. The molecule has 1 heterocycles. The summed E-state index contributed by atoms with van der Waals surface area (Å²) in [7, 11) is 0. The normalized spacial score (nSPS) is 11.7. The van der Waals surface area contributed by atoms with E-state index in [1.807, 2.05) is 78.9 Å². The van der Waals surface area contributed by atoms with Crippen molar-refractivity contribution < 1.29 is 4.79 Å². The third-order valence-corrected chi connectivity index (χ3v) is 4.28. The number of amides is 1. The SMILES string of the molecule is CC[C@H](C(=O)N(Cc1ccccc1)c1ccccn1)c1ccccc1. The van der Waals surface area contributed by atoms with Crippen molar-refractivity contribution in [2.75, 3.05) is 4.90 Å². The molecule has 0 saturated carbocycles. The Hall–Kier alpha value is -2.94. The number of rotatable bonds is 6. The number of nitrogens with zero attached hydrogens (tertiary/aromatic N) is 2. The zero-order valence-corrected chi connectivity index (χ0v) is 14.4. The van der Waals surface area contributed by atoms with Gasteiger partial charge in [-0.2, -0.15) is 0 Å². The van der Waals surface area contributed by atoms with E-state index in [2.05, 4.69) is 11.9 Å². The smallest absolute Gasteiger partial charge is 0.235 e. The van der Waals surface area contributed by atoms with Crippen LogP contribution in [0.4, 0.5) is 5.82 Å². The summed E-state index contributed by atoms with van der Waals surface area (Å²) in [6, 6.07) is 25.7. The lowest BCUT2D eigenvalue weighted by atomic mass is 9.94. The highest BCUT2D eigenvalue weighted by atomic mass is 16.2. The van der Waals surface area contributed by atoms with Gasteiger partial charge in [0, 0.05) is 6.20 Å². The summed E-state index contributed by atoms with van der Waals surface area (Å²) in [5, 5.41) is 0. The Morgan fingerprint density at radius 1 is 0.920 bits per heavy atom. The van der Waals surface area contributed by atoms with Crippen molar-refractivity contribution in [1.29, 1.82) is 0 Å². The highest BCUT2D eigenvalue weighted by Gasteiger charge is 2.26. The summed E-state index contributed by atoms with van der Waals surface area (Å²) >= 11 is 0. The molecule has 0 N–H and O–H groups in total. The van der Waals surface area contributed by atoms with Crippen molar-refractivity contribution in [3.8, 4) is 0 Å². The van der Waals surface area contributed by atoms with Crippen molar-refractivity contribution in [3.05, 3.63) is 96.2 Å². The molecule has 126 valence electrons. The van der Waals surface area contributed by atoms with E-state index in [1.165, 1.54) is 0 Å². The first-order valence-electron chi connectivity index (χ1n) is 8.61. The maximum Gasteiger partial charge on any atom is 0.235 e. The summed E-state index contributed by atoms with van der Waals surface area (Å²) in [5.41, 5.74) is 2.13. The topological polar surface area (TPSA) is 33.2 Å². The van der Waals surface area contributed by atoms with E-state index in [9.17, 15) is 4.79 Å². The van der Waals surface area contributed by atoms with E-state index in [-0.39, 0.29) is 11.8 Å². The number of pyridine rings is 1. The molecule has 0 aliphatic carbocycles. The molecule has 1 aromatic heterocycles. The van der Waals surface area contributed by atoms with Gasteiger partial charge in [0.05, 0.1) is 12.5 Å². The van der Waals surface area contributed by atoms with Gasteiger partial charge in [-0.05, 0) is 29.7 Å². The van der Waals surface area contributed by atoms with Crippen LogP contribution in [0.1, 0.15) is 30.4 Å². The van der Waals surface area contributed by atoms with Crippen LogP contribution in [0.3, 0.4) is 0 Å². The number of anilines is 1. The van der Waals surface area contributed by atoms with Gasteiger partial charge in [0.25, 0.3) is 0 Å². The second-order valence-electron chi connectivity index (χ2n) is 5.97. The fourth-order valence-electron chi connectivity index (χ4n) is 2.98. The highest BCUT2D eigenvalue weighted by Crippen LogP contribution is 2.25. The predicted molar refractivity (Wildman–Crippen MR) is 101 cm³/mol. The van der Waals surface area contributed by atoms with Crippen LogP contribution in [-0.2, 0) is 11.3 Å². The molecule has 3 heteroatoms. The van der Waals surface area contributed by atoms with Crippen LogP contribution in [0, 0.1) is 0 Å². The minimum Gasteiger partial charge on any atom is -0.292 e. The van der Waals surface area contributed by atoms with E-state index in [1.54, 1.807) is 11.1 Å². The summed E-state index contributed by atoms with van der Waals surface area (Å²) in [4.78, 5) is 19.6. The van der Waals surface area contributed by atoms with Crippen molar-refractivity contribution in [1.82, 2.24) is 4.98 Å². The Labute approximate surface area is 149 Å². The first-order chi connectivity index (χ1) is 12.3. The van der Waals surface area contributed by atoms with Crippen LogP contribution in [-0.4, -0.2) is 10.9 Å². The molecule has 3 rings (SSSR count). The molecule has 25 heavy (non-hydrogen) atoms. The molecular formula is C22H22N2O. The summed E-state index contributed by atoms with van der Waals surface area (Å²) in [6.07, 6.45) is 2.48. The fourth-order valence-corrected chi connectivity index (χ4v) is 2.98. The van der Waals surface area contributed by atoms with Crippen LogP contribution in [0.5, 0.6) is 0 Å². The maximum absolute atomic E-state index is 13.4. The van der Waals surface area contributed by atoms with Gasteiger partial charge in [-0.3, -0.25) is 9.69 Å². The standard InChI is InChI=1S/C22H22N2O/c1-2-20(19-13-7-4-8-14-19)22(25)24(21-15-9-10-16-23-21)17-18-11-5-3-6-12-18/h3-16,20H,2,17H2,1H3/t20-/m0/s1. The molecule has 0 fully saturated rings. The predicted octanol–water partition coefficient (Wildman–Crippen LogP) is 4.81. The first kappa shape index (κ1) is 16.9. The van der Waals surface area contributed by atoms with Crippen LogP contribution in [0.2, 0.25) is 0 Å². The molecule has 3 aromatic rings. The monoisotopic (exact) mass is 330 g/mol. The average molecular weight is 330 g/mol. The Bertz CT molecular complexity index is 788. The van der Waals surface area contributed by atoms with E-state index in [4.69, 9.17) is 0 Å². The Morgan fingerprint density at radius 2 is 1.56 bits per heavy atom. The van der Waals surface area contributed by atoms with Crippen LogP contribution < -0.4 is 4.90 Å². The molecule has 0 saturated heterocycles. The zero-order chi connectivity index (χ0) is 17.5. The molecule has 2 aromatic carbocycles. The van der Waals surface area contributed by atoms with Crippen LogP contribution in [0.25, 0.3) is 0 Å². The molecule has 0 bridgehead atoms. The molecule has 1 atom stereocenters. The number of aromatic nitrogens is 1. The minimum atomic E-state index is -0.174. The lowest BCUT2D eigenvalue weighted by Crippen LogP contribution is -2.35. The average Bonchev–Trinajstić information content (AvgIpc) is 2.69. The Kier molecular flexibility index (Phi) is 5.57. The minimum absolute atomic E-state index is 0.0799. The molecule has 0 radical (unpaired) electrons. The number of benzene rings is 2. The summed E-state index contributed by atoms with van der Waals surface area (Å²) < 4.78 is 0. The van der Waals surface area contributed by atoms with Crippen molar-refractivity contribution in [2.45, 2.75) is 25.8 Å². The van der Waals surface area contributed by atoms with E-state index in [0.717, 1.165) is 17.5 Å². The second-order valence-corrected chi connectivity index (χ2v) is 5.97. The van der Waals surface area contributed by atoms with E-state index in [0.29, 0.717) is 12.4 Å². The van der Waals surface area contributed by atoms with Gasteiger partial charge in [0.1, 0.15) is 5.82 Å². The van der Waals surface area contributed by atoms with E-state index < -0.39 is 0 Å². The molecule has 0 spiro atoms. The first-order valence-corrected chi connectivity index (χ1v) is 8.61. The van der Waals surface area contributed by atoms with E-state index >= 15 is 0 Å². The van der Waals surface area contributed by atoms with Gasteiger partial charge in [0.2, 0.25) is 5.91 Å². The summed E-state index contributed by atoms with van der Waals surface area (Å²) in [6.45, 7) is 2.56. The second kappa shape index (κ2) is 8.25. The maximum atomic E-state index is 13.4. The molecule has 0 aliphatic rings. The summed E-state index contributed by atoms with van der Waals surface area (Å²) in [5.74, 6) is 0.592. The van der Waals surface area contributed by atoms with Crippen LogP contribution in [0.15, 0.2) is 85.1 Å². The Morgan fingerprint density at radius 3 is 2.16 bits per heavy atom. The van der Waals surface area contributed by atoms with Gasteiger partial charge in [-0.15, -0.1) is 0 Å². The highest BCUT2D eigenvalue weighted by molar-refractivity contribution is 5.97. The van der Waals surface area contributed by atoms with Crippen molar-refractivity contribution in [3.63, 3.8) is 0 Å². The number of carbonyl (C=O) groups excluding carboxylic acids is 1. The Balaban J connectivity index is 1.94. The van der Waals surface area contributed by atoms with Gasteiger partial charge in [-0.25, -0.2) is 4.98 Å². The third kappa shape index (κ3) is 4.13. The number of hydrogen-bond donors (Lipinski definition) is 0. The van der Waals surface area contributed by atoms with Gasteiger partial charge in [0.15, 0.2) is 0 Å². The lowest BCUT2D eigenvalue weighted by molar-refractivity contribution is -0.120. The third-order valence-electron chi connectivity index (χ3n) is 4.28. The van der Waals surface area contributed by atoms with Gasteiger partial charge < -0.3 is 0 Å². The van der Waals surface area contributed by atoms with Gasteiger partial charge in [-0.1, -0.05) is 73.7 Å². The largest absolute Gasteiger partial charge is 0.292 e. The lowest BCUT2D eigenvalue weighted by Gasteiger charge is -2.26. The van der Waals surface area contributed by atoms with Crippen molar-refractivity contribution in [2.24, 2.45) is 0 Å². The zero-order valence-electron chi connectivity index (χ0n) is 14.4. The number of carbonyl (C=O) groups is 1. The molecule has 0 unspecified atom stereocenters. The molecule has 1 amide bonds.